The lowest BCUT2D eigenvalue weighted by atomic mass is 10.3. The zero-order valence-electron chi connectivity index (χ0n) is 4.89. The summed E-state index contributed by atoms with van der Waals surface area (Å²) in [6.07, 6.45) is 0.924. The van der Waals surface area contributed by atoms with E-state index in [1.807, 2.05) is 0 Å². The van der Waals surface area contributed by atoms with Crippen LogP contribution in [0.4, 0.5) is 0 Å². The average Bonchev–Trinajstić information content (AvgIpc) is 2.19. The van der Waals surface area contributed by atoms with Crippen molar-refractivity contribution in [2.45, 2.75) is 13.8 Å². The van der Waals surface area contributed by atoms with Crippen molar-refractivity contribution in [3.63, 3.8) is 0 Å². The van der Waals surface area contributed by atoms with E-state index in [0.717, 1.165) is 18.7 Å². The Morgan fingerprint density at radius 3 is 3.00 bits per heavy atom. The van der Waals surface area contributed by atoms with Crippen molar-refractivity contribution >= 4 is 5.71 Å². The quantitative estimate of drug-likeness (QED) is 0.560. The number of methoxy groups -OCH3 is 1. The summed E-state index contributed by atoms with van der Waals surface area (Å²) in [5.41, 5.74) is 1.01. The maximum atomic E-state index is 4.81. The zero-order valence-corrected chi connectivity index (χ0v) is 4.89. The van der Waals surface area contributed by atoms with E-state index < -0.39 is 0 Å². The van der Waals surface area contributed by atoms with Gasteiger partial charge in [-0.05, 0) is 0 Å². The molecule has 0 saturated heterocycles. The van der Waals surface area contributed by atoms with Gasteiger partial charge in [0.2, 0.25) is 0 Å². The molecule has 0 amide bonds. The molecule has 0 N–H and O–H groups in total. The Hall–Kier alpha value is -0.570. The molecular formula is C6H13NO2. The van der Waals surface area contributed by atoms with Gasteiger partial charge in [0, 0.05) is 13.5 Å². The molecule has 0 aliphatic carbocycles. The highest BCUT2D eigenvalue weighted by atomic mass is 16.6. The number of oxime groups is 1. The second kappa shape index (κ2) is 4.32. The normalized spacial score (nSPS) is 15.9. The lowest BCUT2D eigenvalue weighted by Gasteiger charge is -1.90. The Morgan fingerprint density at radius 2 is 2.56 bits per heavy atom. The standard InChI is InChI=1S/C5H9NO2.CH4/c1-7-4-5-2-3-8-6-5;/h2-4H2,1H3;1H4. The largest absolute Gasteiger partial charge is 0.395 e. The third-order valence-electron chi connectivity index (χ3n) is 0.987. The number of hydrogen-bond acceptors (Lipinski definition) is 3. The van der Waals surface area contributed by atoms with Crippen molar-refractivity contribution in [3.8, 4) is 0 Å². The Morgan fingerprint density at radius 1 is 1.78 bits per heavy atom. The molecule has 0 radical (unpaired) electrons. The van der Waals surface area contributed by atoms with Gasteiger partial charge in [-0.2, -0.15) is 0 Å². The predicted octanol–water partition coefficient (Wildman–Crippen LogP) is 1.05. The lowest BCUT2D eigenvalue weighted by molar-refractivity contribution is 0.173. The molecule has 3 nitrogen and oxygen atoms in total. The second-order valence-corrected chi connectivity index (χ2v) is 1.67. The van der Waals surface area contributed by atoms with Gasteiger partial charge in [-0.1, -0.05) is 12.6 Å². The molecule has 9 heavy (non-hydrogen) atoms. The molecular weight excluding hydrogens is 118 g/mol. The second-order valence-electron chi connectivity index (χ2n) is 1.67. The van der Waals surface area contributed by atoms with Crippen molar-refractivity contribution in [2.24, 2.45) is 5.16 Å². The molecule has 0 unspecified atom stereocenters. The van der Waals surface area contributed by atoms with Gasteiger partial charge in [-0.25, -0.2) is 0 Å². The van der Waals surface area contributed by atoms with Crippen LogP contribution in [0.15, 0.2) is 5.16 Å². The Bertz CT molecular complexity index is 101. The molecule has 0 spiro atoms. The van der Waals surface area contributed by atoms with E-state index in [4.69, 9.17) is 9.57 Å². The Labute approximate surface area is 55.6 Å². The van der Waals surface area contributed by atoms with Gasteiger partial charge in [0.05, 0.1) is 12.3 Å². The fourth-order valence-corrected chi connectivity index (χ4v) is 0.611. The SMILES string of the molecule is C.COCC1=NOCC1. The van der Waals surface area contributed by atoms with Crippen LogP contribution in [-0.4, -0.2) is 26.0 Å². The van der Waals surface area contributed by atoms with E-state index in [0.29, 0.717) is 6.61 Å². The van der Waals surface area contributed by atoms with Gasteiger partial charge in [0.15, 0.2) is 0 Å². The van der Waals surface area contributed by atoms with Gasteiger partial charge >= 0.3 is 0 Å². The smallest absolute Gasteiger partial charge is 0.122 e. The van der Waals surface area contributed by atoms with Gasteiger partial charge in [0.25, 0.3) is 0 Å². The van der Waals surface area contributed by atoms with E-state index in [9.17, 15) is 0 Å². The fraction of sp³-hybridized carbons (Fsp3) is 0.833. The minimum absolute atomic E-state index is 0. The average molecular weight is 131 g/mol. The molecule has 1 aliphatic heterocycles. The van der Waals surface area contributed by atoms with Gasteiger partial charge < -0.3 is 9.57 Å². The number of rotatable bonds is 2. The Kier molecular flexibility index (Phi) is 4.05. The summed E-state index contributed by atoms with van der Waals surface area (Å²) in [4.78, 5) is 4.72. The summed E-state index contributed by atoms with van der Waals surface area (Å²) in [5.74, 6) is 0. The molecule has 0 aromatic rings. The van der Waals surface area contributed by atoms with E-state index in [2.05, 4.69) is 5.16 Å². The first-order chi connectivity index (χ1) is 3.93. The first kappa shape index (κ1) is 8.43. The van der Waals surface area contributed by atoms with Crippen molar-refractivity contribution in [1.82, 2.24) is 0 Å². The first-order valence-corrected chi connectivity index (χ1v) is 2.60. The van der Waals surface area contributed by atoms with Crippen LogP contribution in [0.25, 0.3) is 0 Å². The Balaban J connectivity index is 0.000000640. The highest BCUT2D eigenvalue weighted by Crippen LogP contribution is 1.98. The van der Waals surface area contributed by atoms with E-state index >= 15 is 0 Å². The highest BCUT2D eigenvalue weighted by Gasteiger charge is 2.05. The first-order valence-electron chi connectivity index (χ1n) is 2.60. The third-order valence-corrected chi connectivity index (χ3v) is 0.987. The minimum Gasteiger partial charge on any atom is -0.395 e. The fourth-order valence-electron chi connectivity index (χ4n) is 0.611. The van der Waals surface area contributed by atoms with Gasteiger partial charge in [-0.15, -0.1) is 0 Å². The number of nitrogens with zero attached hydrogens (tertiary/aromatic N) is 1. The van der Waals surface area contributed by atoms with E-state index in [-0.39, 0.29) is 7.43 Å². The molecule has 0 saturated carbocycles. The van der Waals surface area contributed by atoms with E-state index in [1.54, 1.807) is 7.11 Å². The summed E-state index contributed by atoms with van der Waals surface area (Å²) >= 11 is 0. The molecule has 0 bridgehead atoms. The summed E-state index contributed by atoms with van der Waals surface area (Å²) < 4.78 is 4.81. The molecule has 0 aromatic heterocycles. The maximum absolute atomic E-state index is 4.81. The van der Waals surface area contributed by atoms with Crippen LogP contribution in [0.2, 0.25) is 0 Å². The van der Waals surface area contributed by atoms with Crippen molar-refractivity contribution in [3.05, 3.63) is 0 Å². The number of ether oxygens (including phenoxy) is 1. The van der Waals surface area contributed by atoms with Crippen molar-refractivity contribution in [2.75, 3.05) is 20.3 Å². The summed E-state index contributed by atoms with van der Waals surface area (Å²) in [5, 5.41) is 3.72. The zero-order chi connectivity index (χ0) is 5.82. The lowest BCUT2D eigenvalue weighted by Crippen LogP contribution is -2.02. The van der Waals surface area contributed by atoms with Crippen LogP contribution >= 0.6 is 0 Å². The van der Waals surface area contributed by atoms with Crippen LogP contribution in [0, 0.1) is 0 Å². The summed E-state index contributed by atoms with van der Waals surface area (Å²) in [7, 11) is 1.65. The maximum Gasteiger partial charge on any atom is 0.122 e. The summed E-state index contributed by atoms with van der Waals surface area (Å²) in [6.45, 7) is 1.33. The molecule has 3 heteroatoms. The van der Waals surface area contributed by atoms with Gasteiger partial charge in [0.1, 0.15) is 6.61 Å². The van der Waals surface area contributed by atoms with Gasteiger partial charge in [-0.3, -0.25) is 0 Å². The minimum atomic E-state index is 0. The summed E-state index contributed by atoms with van der Waals surface area (Å²) in [6, 6.07) is 0. The van der Waals surface area contributed by atoms with Crippen molar-refractivity contribution in [1.29, 1.82) is 0 Å². The van der Waals surface area contributed by atoms with Crippen LogP contribution < -0.4 is 0 Å². The molecule has 0 aromatic carbocycles. The molecule has 1 aliphatic rings. The van der Waals surface area contributed by atoms with Crippen LogP contribution in [-0.2, 0) is 9.57 Å². The third kappa shape index (κ3) is 2.46. The van der Waals surface area contributed by atoms with Crippen LogP contribution in [0.3, 0.4) is 0 Å². The van der Waals surface area contributed by atoms with Crippen LogP contribution in [0.1, 0.15) is 13.8 Å². The topological polar surface area (TPSA) is 30.8 Å². The molecule has 0 atom stereocenters. The van der Waals surface area contributed by atoms with E-state index in [1.165, 1.54) is 0 Å². The monoisotopic (exact) mass is 131 g/mol. The molecule has 0 fully saturated rings. The molecule has 1 heterocycles. The number of hydrogen-bond donors (Lipinski definition) is 0. The highest BCUT2D eigenvalue weighted by molar-refractivity contribution is 5.86. The molecule has 1 rings (SSSR count). The molecule has 54 valence electrons. The van der Waals surface area contributed by atoms with Crippen molar-refractivity contribution < 1.29 is 9.57 Å². The van der Waals surface area contributed by atoms with Crippen LogP contribution in [0.5, 0.6) is 0 Å². The predicted molar refractivity (Wildman–Crippen MR) is 36.6 cm³/mol.